The van der Waals surface area contributed by atoms with E-state index in [4.69, 9.17) is 9.47 Å². The molecule has 0 saturated heterocycles. The van der Waals surface area contributed by atoms with Crippen LogP contribution in [0.15, 0.2) is 24.3 Å². The number of hydrogen-bond acceptors (Lipinski definition) is 4. The first kappa shape index (κ1) is 19.9. The van der Waals surface area contributed by atoms with E-state index in [1.165, 1.54) is 5.56 Å². The van der Waals surface area contributed by atoms with Gasteiger partial charge < -0.3 is 14.6 Å². The molecule has 132 valence electrons. The smallest absolute Gasteiger partial charge is 0.119 e. The normalized spacial score (nSPS) is 13.1. The van der Waals surface area contributed by atoms with E-state index in [0.29, 0.717) is 19.1 Å². The highest BCUT2D eigenvalue weighted by atomic mass is 16.5. The molecule has 0 unspecified atom stereocenters. The minimum Gasteiger partial charge on any atom is -0.497 e. The topological polar surface area (TPSA) is 41.9 Å². The maximum Gasteiger partial charge on any atom is 0.119 e. The molecule has 1 N–H and O–H groups in total. The zero-order valence-electron chi connectivity index (χ0n) is 15.3. The van der Waals surface area contributed by atoms with Crippen molar-refractivity contribution in [3.05, 3.63) is 29.8 Å². The van der Waals surface area contributed by atoms with Crippen LogP contribution in [0.2, 0.25) is 0 Å². The Labute approximate surface area is 141 Å². The lowest BCUT2D eigenvalue weighted by atomic mass is 10.1. The Morgan fingerprint density at radius 2 is 1.91 bits per heavy atom. The van der Waals surface area contributed by atoms with Crippen LogP contribution in [0.4, 0.5) is 0 Å². The molecule has 0 aliphatic heterocycles. The van der Waals surface area contributed by atoms with Crippen molar-refractivity contribution in [1.29, 1.82) is 0 Å². The number of nitrogens with zero attached hydrogens (tertiary/aromatic N) is 1. The molecule has 0 aliphatic carbocycles. The van der Waals surface area contributed by atoms with Gasteiger partial charge in [0.15, 0.2) is 0 Å². The number of ether oxygens (including phenoxy) is 2. The van der Waals surface area contributed by atoms with E-state index in [2.05, 4.69) is 30.9 Å². The SMILES string of the molecule is COc1cccc(CN(CCC(C)C)C[C@@H](O)COC(C)C)c1. The van der Waals surface area contributed by atoms with Crippen molar-refractivity contribution >= 4 is 0 Å². The summed E-state index contributed by atoms with van der Waals surface area (Å²) in [5, 5.41) is 10.2. The molecule has 4 heteroatoms. The second-order valence-electron chi connectivity index (χ2n) is 6.81. The minimum absolute atomic E-state index is 0.146. The van der Waals surface area contributed by atoms with Gasteiger partial charge in [0, 0.05) is 13.1 Å². The van der Waals surface area contributed by atoms with E-state index in [-0.39, 0.29) is 6.10 Å². The lowest BCUT2D eigenvalue weighted by Gasteiger charge is -2.26. The Bertz CT molecular complexity index is 434. The molecule has 0 heterocycles. The first-order chi connectivity index (χ1) is 10.9. The monoisotopic (exact) mass is 323 g/mol. The van der Waals surface area contributed by atoms with E-state index in [9.17, 15) is 5.11 Å². The van der Waals surface area contributed by atoms with Crippen molar-refractivity contribution in [3.8, 4) is 5.75 Å². The summed E-state index contributed by atoms with van der Waals surface area (Å²) < 4.78 is 10.8. The van der Waals surface area contributed by atoms with Crippen molar-refractivity contribution in [1.82, 2.24) is 4.90 Å². The van der Waals surface area contributed by atoms with Gasteiger partial charge in [-0.1, -0.05) is 26.0 Å². The van der Waals surface area contributed by atoms with Crippen LogP contribution >= 0.6 is 0 Å². The van der Waals surface area contributed by atoms with E-state index in [1.807, 2.05) is 26.0 Å². The van der Waals surface area contributed by atoms with Crippen LogP contribution in [0.1, 0.15) is 39.7 Å². The highest BCUT2D eigenvalue weighted by Crippen LogP contribution is 2.15. The van der Waals surface area contributed by atoms with Crippen LogP contribution in [0.5, 0.6) is 5.75 Å². The lowest BCUT2D eigenvalue weighted by molar-refractivity contribution is -0.00998. The number of benzene rings is 1. The molecule has 0 spiro atoms. The first-order valence-corrected chi connectivity index (χ1v) is 8.55. The van der Waals surface area contributed by atoms with E-state index < -0.39 is 6.10 Å². The highest BCUT2D eigenvalue weighted by Gasteiger charge is 2.14. The molecule has 1 aromatic carbocycles. The molecule has 4 nitrogen and oxygen atoms in total. The number of methoxy groups -OCH3 is 1. The third-order valence-corrected chi connectivity index (χ3v) is 3.65. The van der Waals surface area contributed by atoms with E-state index in [1.54, 1.807) is 7.11 Å². The summed E-state index contributed by atoms with van der Waals surface area (Å²) in [6.07, 6.45) is 0.796. The fourth-order valence-corrected chi connectivity index (χ4v) is 2.36. The first-order valence-electron chi connectivity index (χ1n) is 8.55. The summed E-state index contributed by atoms with van der Waals surface area (Å²) in [7, 11) is 1.68. The van der Waals surface area contributed by atoms with Crippen molar-refractivity contribution < 1.29 is 14.6 Å². The van der Waals surface area contributed by atoms with Gasteiger partial charge in [-0.25, -0.2) is 0 Å². The van der Waals surface area contributed by atoms with Gasteiger partial charge in [0.05, 0.1) is 25.9 Å². The number of rotatable bonds is 11. The van der Waals surface area contributed by atoms with Gasteiger partial charge in [-0.3, -0.25) is 4.90 Å². The van der Waals surface area contributed by atoms with Crippen molar-refractivity contribution in [3.63, 3.8) is 0 Å². The summed E-state index contributed by atoms with van der Waals surface area (Å²) in [5.74, 6) is 1.52. The zero-order chi connectivity index (χ0) is 17.2. The van der Waals surface area contributed by atoms with Gasteiger partial charge >= 0.3 is 0 Å². The van der Waals surface area contributed by atoms with Gasteiger partial charge in [-0.15, -0.1) is 0 Å². The summed E-state index contributed by atoms with van der Waals surface area (Å²) in [5.41, 5.74) is 1.20. The number of hydrogen-bond donors (Lipinski definition) is 1. The third-order valence-electron chi connectivity index (χ3n) is 3.65. The average molecular weight is 323 g/mol. The van der Waals surface area contributed by atoms with E-state index in [0.717, 1.165) is 25.3 Å². The molecule has 0 aromatic heterocycles. The van der Waals surface area contributed by atoms with Gasteiger partial charge in [0.1, 0.15) is 5.75 Å². The Morgan fingerprint density at radius 3 is 2.52 bits per heavy atom. The summed E-state index contributed by atoms with van der Waals surface area (Å²) in [6.45, 7) is 11.2. The highest BCUT2D eigenvalue weighted by molar-refractivity contribution is 5.28. The zero-order valence-corrected chi connectivity index (χ0v) is 15.3. The van der Waals surface area contributed by atoms with Crippen molar-refractivity contribution in [2.75, 3.05) is 26.8 Å². The van der Waals surface area contributed by atoms with Crippen LogP contribution in [0.25, 0.3) is 0 Å². The third kappa shape index (κ3) is 8.94. The van der Waals surface area contributed by atoms with Crippen LogP contribution < -0.4 is 4.74 Å². The Kier molecular flexibility index (Phi) is 9.22. The molecule has 23 heavy (non-hydrogen) atoms. The molecule has 0 radical (unpaired) electrons. The van der Waals surface area contributed by atoms with Crippen LogP contribution in [0, 0.1) is 5.92 Å². The average Bonchev–Trinajstić information content (AvgIpc) is 2.50. The second-order valence-corrected chi connectivity index (χ2v) is 6.81. The fraction of sp³-hybridized carbons (Fsp3) is 0.684. The lowest BCUT2D eigenvalue weighted by Crippen LogP contribution is -2.36. The molecule has 0 amide bonds. The van der Waals surface area contributed by atoms with E-state index >= 15 is 0 Å². The Hall–Kier alpha value is -1.10. The second kappa shape index (κ2) is 10.6. The molecule has 1 atom stereocenters. The maximum atomic E-state index is 10.2. The van der Waals surface area contributed by atoms with Gasteiger partial charge in [-0.2, -0.15) is 0 Å². The molecule has 1 rings (SSSR count). The molecule has 0 saturated carbocycles. The van der Waals surface area contributed by atoms with Gasteiger partial charge in [0.2, 0.25) is 0 Å². The molecular weight excluding hydrogens is 290 g/mol. The summed E-state index contributed by atoms with van der Waals surface area (Å²) in [6, 6.07) is 8.11. The summed E-state index contributed by atoms with van der Waals surface area (Å²) in [4.78, 5) is 2.29. The quantitative estimate of drug-likeness (QED) is 0.678. The molecular formula is C19H33NO3. The number of aliphatic hydroxyl groups is 1. The standard InChI is InChI=1S/C19H33NO3/c1-15(2)9-10-20(13-18(21)14-23-16(3)4)12-17-7-6-8-19(11-17)22-5/h6-8,11,15-16,18,21H,9-10,12-14H2,1-5H3/t18-/m1/s1. The number of aliphatic hydroxyl groups excluding tert-OH is 1. The summed E-state index contributed by atoms with van der Waals surface area (Å²) >= 11 is 0. The van der Waals surface area contributed by atoms with Crippen LogP contribution in [-0.2, 0) is 11.3 Å². The Morgan fingerprint density at radius 1 is 1.17 bits per heavy atom. The maximum absolute atomic E-state index is 10.2. The molecule has 0 bridgehead atoms. The molecule has 0 aliphatic rings. The fourth-order valence-electron chi connectivity index (χ4n) is 2.36. The van der Waals surface area contributed by atoms with Crippen LogP contribution in [0.3, 0.4) is 0 Å². The predicted molar refractivity (Wildman–Crippen MR) is 94.8 cm³/mol. The van der Waals surface area contributed by atoms with Gasteiger partial charge in [-0.05, 0) is 50.4 Å². The Balaban J connectivity index is 2.63. The largest absolute Gasteiger partial charge is 0.497 e. The molecule has 0 fully saturated rings. The van der Waals surface area contributed by atoms with Crippen molar-refractivity contribution in [2.24, 2.45) is 5.92 Å². The van der Waals surface area contributed by atoms with Crippen LogP contribution in [-0.4, -0.2) is 49.0 Å². The predicted octanol–water partition coefficient (Wildman–Crippen LogP) is 3.33. The minimum atomic E-state index is -0.463. The van der Waals surface area contributed by atoms with Gasteiger partial charge in [0.25, 0.3) is 0 Å². The van der Waals surface area contributed by atoms with Crippen molar-refractivity contribution in [2.45, 2.75) is 52.9 Å². The molecule has 1 aromatic rings.